The fraction of sp³-hybridized carbons (Fsp3) is 0.217. The molecule has 9 heteroatoms. The minimum Gasteiger partial charge on any atom is -0.378 e. The summed E-state index contributed by atoms with van der Waals surface area (Å²) in [5.74, 6) is 0.253. The van der Waals surface area contributed by atoms with Crippen LogP contribution in [0.4, 0.5) is 17.2 Å². The second-order valence-corrected chi connectivity index (χ2v) is 9.23. The van der Waals surface area contributed by atoms with Crippen LogP contribution in [0, 0.1) is 0 Å². The summed E-state index contributed by atoms with van der Waals surface area (Å²) in [6.45, 7) is 2.55. The molecule has 0 spiro atoms. The number of para-hydroxylation sites is 1. The summed E-state index contributed by atoms with van der Waals surface area (Å²) in [5, 5.41) is 2.87. The number of carbonyl (C=O) groups excluding carboxylic acids is 1. The van der Waals surface area contributed by atoms with Crippen molar-refractivity contribution < 1.29 is 17.9 Å². The molecule has 32 heavy (non-hydrogen) atoms. The number of sulfonamides is 1. The summed E-state index contributed by atoms with van der Waals surface area (Å²) >= 11 is 0. The van der Waals surface area contributed by atoms with Gasteiger partial charge >= 0.3 is 0 Å². The molecule has 0 unspecified atom stereocenters. The number of pyridine rings is 1. The van der Waals surface area contributed by atoms with Crippen LogP contribution in [0.3, 0.4) is 0 Å². The molecular weight excluding hydrogens is 428 g/mol. The van der Waals surface area contributed by atoms with Gasteiger partial charge in [0.1, 0.15) is 0 Å². The maximum absolute atomic E-state index is 13.1. The Morgan fingerprint density at radius 2 is 1.78 bits per heavy atom. The van der Waals surface area contributed by atoms with Crippen LogP contribution in [0.15, 0.2) is 77.8 Å². The van der Waals surface area contributed by atoms with E-state index in [4.69, 9.17) is 4.74 Å². The highest BCUT2D eigenvalue weighted by Crippen LogP contribution is 2.25. The zero-order chi connectivity index (χ0) is 22.6. The second kappa shape index (κ2) is 9.37. The summed E-state index contributed by atoms with van der Waals surface area (Å²) in [7, 11) is -2.34. The number of aromatic nitrogens is 1. The Balaban J connectivity index is 1.57. The normalized spacial score (nSPS) is 14.1. The van der Waals surface area contributed by atoms with Gasteiger partial charge < -0.3 is 15.0 Å². The molecule has 2 heterocycles. The van der Waals surface area contributed by atoms with Crippen LogP contribution < -0.4 is 14.5 Å². The molecular formula is C23H24N4O4S. The van der Waals surface area contributed by atoms with E-state index in [1.807, 2.05) is 6.07 Å². The Morgan fingerprint density at radius 3 is 2.53 bits per heavy atom. The number of hydrogen-bond acceptors (Lipinski definition) is 6. The van der Waals surface area contributed by atoms with Crippen molar-refractivity contribution in [2.24, 2.45) is 0 Å². The van der Waals surface area contributed by atoms with Crippen molar-refractivity contribution in [3.8, 4) is 0 Å². The second-order valence-electron chi connectivity index (χ2n) is 7.26. The Hall–Kier alpha value is -3.43. The van der Waals surface area contributed by atoms with E-state index in [1.54, 1.807) is 54.7 Å². The molecule has 2 aromatic carbocycles. The first kappa shape index (κ1) is 21.8. The Bertz CT molecular complexity index is 1200. The summed E-state index contributed by atoms with van der Waals surface area (Å²) in [4.78, 5) is 19.5. The molecule has 0 radical (unpaired) electrons. The molecule has 1 N–H and O–H groups in total. The molecule has 0 saturated carbocycles. The molecule has 0 atom stereocenters. The van der Waals surface area contributed by atoms with Gasteiger partial charge in [0.25, 0.3) is 15.9 Å². The number of amides is 1. The highest BCUT2D eigenvalue weighted by atomic mass is 32.2. The van der Waals surface area contributed by atoms with E-state index < -0.39 is 15.9 Å². The molecule has 0 aliphatic carbocycles. The lowest BCUT2D eigenvalue weighted by molar-refractivity contribution is 0.102. The third kappa shape index (κ3) is 4.58. The first-order chi connectivity index (χ1) is 15.5. The average Bonchev–Trinajstić information content (AvgIpc) is 2.85. The maximum Gasteiger partial charge on any atom is 0.264 e. The van der Waals surface area contributed by atoms with Gasteiger partial charge in [0, 0.05) is 31.9 Å². The van der Waals surface area contributed by atoms with E-state index >= 15 is 0 Å². The molecule has 1 aromatic heterocycles. The monoisotopic (exact) mass is 452 g/mol. The third-order valence-corrected chi connectivity index (χ3v) is 7.00. The van der Waals surface area contributed by atoms with Crippen molar-refractivity contribution in [3.05, 3.63) is 78.5 Å². The minimum atomic E-state index is -3.83. The van der Waals surface area contributed by atoms with Crippen LogP contribution in [-0.4, -0.2) is 52.7 Å². The average molecular weight is 453 g/mol. The lowest BCUT2D eigenvalue weighted by Gasteiger charge is -2.29. The fourth-order valence-corrected chi connectivity index (χ4v) is 4.69. The Kier molecular flexibility index (Phi) is 6.38. The zero-order valence-corrected chi connectivity index (χ0v) is 18.5. The molecule has 1 aliphatic rings. The molecule has 166 valence electrons. The van der Waals surface area contributed by atoms with Gasteiger partial charge in [0.15, 0.2) is 5.82 Å². The van der Waals surface area contributed by atoms with Gasteiger partial charge in [-0.3, -0.25) is 9.10 Å². The van der Waals surface area contributed by atoms with Gasteiger partial charge in [-0.25, -0.2) is 13.4 Å². The predicted molar refractivity (Wildman–Crippen MR) is 124 cm³/mol. The van der Waals surface area contributed by atoms with Crippen molar-refractivity contribution in [2.75, 3.05) is 47.9 Å². The van der Waals surface area contributed by atoms with Crippen LogP contribution in [0.5, 0.6) is 0 Å². The van der Waals surface area contributed by atoms with Crippen LogP contribution in [-0.2, 0) is 14.8 Å². The van der Waals surface area contributed by atoms with Gasteiger partial charge in [-0.2, -0.15) is 0 Å². The van der Waals surface area contributed by atoms with Crippen molar-refractivity contribution in [1.29, 1.82) is 0 Å². The van der Waals surface area contributed by atoms with Crippen molar-refractivity contribution in [3.63, 3.8) is 0 Å². The highest BCUT2D eigenvalue weighted by Gasteiger charge is 2.23. The van der Waals surface area contributed by atoms with E-state index in [1.165, 1.54) is 23.5 Å². The van der Waals surface area contributed by atoms with E-state index in [9.17, 15) is 13.2 Å². The molecule has 4 rings (SSSR count). The first-order valence-corrected chi connectivity index (χ1v) is 11.6. The lowest BCUT2D eigenvalue weighted by atomic mass is 10.2. The summed E-state index contributed by atoms with van der Waals surface area (Å²) in [6, 6.07) is 18.3. The Labute approximate surface area is 187 Å². The van der Waals surface area contributed by atoms with E-state index in [0.717, 1.165) is 0 Å². The molecule has 3 aromatic rings. The van der Waals surface area contributed by atoms with Crippen molar-refractivity contribution >= 4 is 33.1 Å². The molecule has 1 aliphatic heterocycles. The predicted octanol–water partition coefficient (Wildman–Crippen LogP) is 3.00. The number of anilines is 3. The smallest absolute Gasteiger partial charge is 0.264 e. The van der Waals surface area contributed by atoms with Gasteiger partial charge in [-0.15, -0.1) is 0 Å². The first-order valence-electron chi connectivity index (χ1n) is 10.2. The van der Waals surface area contributed by atoms with Crippen LogP contribution in [0.2, 0.25) is 0 Å². The largest absolute Gasteiger partial charge is 0.378 e. The van der Waals surface area contributed by atoms with Gasteiger partial charge in [0.2, 0.25) is 0 Å². The SMILES string of the molecule is CN(c1ccccc1)S(=O)(=O)c1cccc(C(=O)Nc2cccnc2N2CCOCC2)c1. The standard InChI is InChI=1S/C23H24N4O4S/c1-26(19-8-3-2-4-9-19)32(29,30)20-10-5-7-18(17-20)23(28)25-21-11-6-12-24-22(21)27-13-15-31-16-14-27/h2-12,17H,13-16H2,1H3,(H,25,28). The van der Waals surface area contributed by atoms with Gasteiger partial charge in [-0.1, -0.05) is 24.3 Å². The minimum absolute atomic E-state index is 0.0380. The molecule has 1 amide bonds. The van der Waals surface area contributed by atoms with Crippen molar-refractivity contribution in [2.45, 2.75) is 4.90 Å². The Morgan fingerprint density at radius 1 is 1.03 bits per heavy atom. The van der Waals surface area contributed by atoms with Gasteiger partial charge in [0.05, 0.1) is 29.5 Å². The number of benzene rings is 2. The number of nitrogens with one attached hydrogen (secondary N) is 1. The number of ether oxygens (including phenoxy) is 1. The molecule has 0 bridgehead atoms. The number of nitrogens with zero attached hydrogens (tertiary/aromatic N) is 3. The lowest BCUT2D eigenvalue weighted by Crippen LogP contribution is -2.37. The zero-order valence-electron chi connectivity index (χ0n) is 17.6. The third-order valence-electron chi connectivity index (χ3n) is 5.22. The van der Waals surface area contributed by atoms with E-state index in [2.05, 4.69) is 15.2 Å². The number of rotatable bonds is 6. The number of morpholine rings is 1. The summed E-state index contributed by atoms with van der Waals surface area (Å²) < 4.78 is 32.8. The number of carbonyl (C=O) groups is 1. The summed E-state index contributed by atoms with van der Waals surface area (Å²) in [5.41, 5.74) is 1.34. The fourth-order valence-electron chi connectivity index (χ4n) is 3.45. The molecule has 1 saturated heterocycles. The van der Waals surface area contributed by atoms with E-state index in [-0.39, 0.29) is 10.5 Å². The molecule has 1 fully saturated rings. The van der Waals surface area contributed by atoms with Gasteiger partial charge in [-0.05, 0) is 42.5 Å². The summed E-state index contributed by atoms with van der Waals surface area (Å²) in [6.07, 6.45) is 1.67. The van der Waals surface area contributed by atoms with Crippen molar-refractivity contribution in [1.82, 2.24) is 4.98 Å². The van der Waals surface area contributed by atoms with Crippen LogP contribution in [0.1, 0.15) is 10.4 Å². The molecule has 8 nitrogen and oxygen atoms in total. The quantitative estimate of drug-likeness (QED) is 0.618. The van der Waals surface area contributed by atoms with E-state index in [0.29, 0.717) is 43.5 Å². The van der Waals surface area contributed by atoms with Crippen LogP contribution >= 0.6 is 0 Å². The maximum atomic E-state index is 13.1. The number of hydrogen-bond donors (Lipinski definition) is 1. The van der Waals surface area contributed by atoms with Crippen LogP contribution in [0.25, 0.3) is 0 Å². The topological polar surface area (TPSA) is 91.8 Å². The highest BCUT2D eigenvalue weighted by molar-refractivity contribution is 7.92.